The Balaban J connectivity index is 3.35. The largest absolute Gasteiger partial charge is 0.495 e. The Labute approximate surface area is 103 Å². The third-order valence-corrected chi connectivity index (χ3v) is 2.71. The van der Waals surface area contributed by atoms with E-state index < -0.39 is 5.97 Å². The van der Waals surface area contributed by atoms with Gasteiger partial charge in [0.2, 0.25) is 0 Å². The molecule has 0 radical (unpaired) electrons. The second-order valence-corrected chi connectivity index (χ2v) is 3.67. The summed E-state index contributed by atoms with van der Waals surface area (Å²) in [7, 11) is 1.42. The Kier molecular flexibility index (Phi) is 4.26. The maximum atomic E-state index is 11.6. The van der Waals surface area contributed by atoms with Gasteiger partial charge in [0.15, 0.2) is 0 Å². The molecule has 0 bridgehead atoms. The van der Waals surface area contributed by atoms with Crippen molar-refractivity contribution in [1.82, 2.24) is 0 Å². The van der Waals surface area contributed by atoms with Crippen LogP contribution in [0.2, 0.25) is 10.0 Å². The van der Waals surface area contributed by atoms with E-state index in [9.17, 15) is 4.79 Å². The number of carbonyl (C=O) groups is 1. The summed E-state index contributed by atoms with van der Waals surface area (Å²) in [6.07, 6.45) is 0. The Morgan fingerprint density at radius 3 is 2.62 bits per heavy atom. The zero-order valence-electron chi connectivity index (χ0n) is 8.84. The first kappa shape index (κ1) is 12.9. The van der Waals surface area contributed by atoms with Gasteiger partial charge in [0.1, 0.15) is 11.3 Å². The molecule has 0 atom stereocenters. The first-order valence-corrected chi connectivity index (χ1v) is 5.27. The van der Waals surface area contributed by atoms with Gasteiger partial charge in [0, 0.05) is 6.07 Å². The van der Waals surface area contributed by atoms with Crippen molar-refractivity contribution in [3.8, 4) is 5.75 Å². The van der Waals surface area contributed by atoms with Crippen molar-refractivity contribution in [2.24, 2.45) is 0 Å². The standard InChI is InChI=1S/C10H11Cl2NO3/c1-3-16-10(14)7-8(12)5(11)4-6(15-2)9(7)13/h4H,3,13H2,1-2H3. The molecule has 1 rings (SSSR count). The number of nitrogen functional groups attached to an aromatic ring is 1. The molecule has 0 aliphatic carbocycles. The maximum Gasteiger partial charge on any atom is 0.341 e. The minimum Gasteiger partial charge on any atom is -0.495 e. The van der Waals surface area contributed by atoms with E-state index in [0.29, 0.717) is 0 Å². The van der Waals surface area contributed by atoms with Crippen LogP contribution in [0.25, 0.3) is 0 Å². The number of nitrogens with two attached hydrogens (primary N) is 1. The number of ether oxygens (including phenoxy) is 2. The quantitative estimate of drug-likeness (QED) is 0.673. The van der Waals surface area contributed by atoms with E-state index in [4.69, 9.17) is 38.4 Å². The monoisotopic (exact) mass is 263 g/mol. The number of benzene rings is 1. The molecular weight excluding hydrogens is 253 g/mol. The second kappa shape index (κ2) is 5.27. The van der Waals surface area contributed by atoms with Crippen LogP contribution in [-0.2, 0) is 4.74 Å². The van der Waals surface area contributed by atoms with Crippen molar-refractivity contribution in [1.29, 1.82) is 0 Å². The van der Waals surface area contributed by atoms with Gasteiger partial charge in [-0.15, -0.1) is 0 Å². The van der Waals surface area contributed by atoms with Crippen LogP contribution in [0.3, 0.4) is 0 Å². The second-order valence-electron chi connectivity index (χ2n) is 2.88. The molecule has 0 fully saturated rings. The van der Waals surface area contributed by atoms with Crippen molar-refractivity contribution in [2.75, 3.05) is 19.5 Å². The highest BCUT2D eigenvalue weighted by Gasteiger charge is 2.21. The van der Waals surface area contributed by atoms with Gasteiger partial charge in [-0.2, -0.15) is 0 Å². The molecule has 1 aromatic rings. The summed E-state index contributed by atoms with van der Waals surface area (Å²) in [5.74, 6) is -0.330. The summed E-state index contributed by atoms with van der Waals surface area (Å²) in [6.45, 7) is 1.91. The third kappa shape index (κ3) is 2.33. The van der Waals surface area contributed by atoms with Gasteiger partial charge in [-0.3, -0.25) is 0 Å². The molecule has 0 spiro atoms. The molecule has 0 saturated carbocycles. The van der Waals surface area contributed by atoms with Gasteiger partial charge in [0.05, 0.1) is 29.4 Å². The van der Waals surface area contributed by atoms with Gasteiger partial charge in [0.25, 0.3) is 0 Å². The van der Waals surface area contributed by atoms with Crippen molar-refractivity contribution in [3.63, 3.8) is 0 Å². The van der Waals surface area contributed by atoms with E-state index >= 15 is 0 Å². The van der Waals surface area contributed by atoms with Crippen LogP contribution in [0.5, 0.6) is 5.75 Å². The molecule has 16 heavy (non-hydrogen) atoms. The molecule has 6 heteroatoms. The topological polar surface area (TPSA) is 61.5 Å². The van der Waals surface area contributed by atoms with Crippen molar-refractivity contribution in [3.05, 3.63) is 21.7 Å². The first-order chi connectivity index (χ1) is 7.52. The molecule has 0 aliphatic heterocycles. The van der Waals surface area contributed by atoms with Crippen LogP contribution >= 0.6 is 23.2 Å². The number of carbonyl (C=O) groups excluding carboxylic acids is 1. The predicted molar refractivity (Wildman–Crippen MR) is 63.4 cm³/mol. The molecule has 0 saturated heterocycles. The smallest absolute Gasteiger partial charge is 0.341 e. The maximum absolute atomic E-state index is 11.6. The highest BCUT2D eigenvalue weighted by molar-refractivity contribution is 6.44. The summed E-state index contributed by atoms with van der Waals surface area (Å²) in [5, 5.41) is 0.259. The van der Waals surface area contributed by atoms with E-state index in [1.165, 1.54) is 13.2 Å². The summed E-state index contributed by atoms with van der Waals surface area (Å²) in [6, 6.07) is 1.45. The number of hydrogen-bond acceptors (Lipinski definition) is 4. The lowest BCUT2D eigenvalue weighted by Crippen LogP contribution is -2.10. The molecular formula is C10H11Cl2NO3. The zero-order valence-corrected chi connectivity index (χ0v) is 10.4. The van der Waals surface area contributed by atoms with Crippen molar-refractivity contribution >= 4 is 34.9 Å². The SMILES string of the molecule is CCOC(=O)c1c(N)c(OC)cc(Cl)c1Cl. The van der Waals surface area contributed by atoms with Gasteiger partial charge in [-0.1, -0.05) is 23.2 Å². The van der Waals surface area contributed by atoms with Crippen molar-refractivity contribution < 1.29 is 14.3 Å². The van der Waals surface area contributed by atoms with E-state index in [-0.39, 0.29) is 33.7 Å². The van der Waals surface area contributed by atoms with Crippen molar-refractivity contribution in [2.45, 2.75) is 6.92 Å². The van der Waals surface area contributed by atoms with E-state index in [0.717, 1.165) is 0 Å². The Bertz CT molecular complexity index is 421. The molecule has 0 aromatic heterocycles. The van der Waals surface area contributed by atoms with Crippen LogP contribution in [0.1, 0.15) is 17.3 Å². The highest BCUT2D eigenvalue weighted by atomic mass is 35.5. The number of esters is 1. The molecule has 4 nitrogen and oxygen atoms in total. The van der Waals surface area contributed by atoms with Gasteiger partial charge in [-0.05, 0) is 6.92 Å². The van der Waals surface area contributed by atoms with Gasteiger partial charge in [-0.25, -0.2) is 4.79 Å². The summed E-state index contributed by atoms with van der Waals surface area (Å²) in [4.78, 5) is 11.6. The first-order valence-electron chi connectivity index (χ1n) is 4.51. The fraction of sp³-hybridized carbons (Fsp3) is 0.300. The third-order valence-electron chi connectivity index (χ3n) is 1.92. The lowest BCUT2D eigenvalue weighted by atomic mass is 10.1. The summed E-state index contributed by atoms with van der Waals surface area (Å²) < 4.78 is 9.80. The molecule has 0 heterocycles. The van der Waals surface area contributed by atoms with Crippen LogP contribution in [0.4, 0.5) is 5.69 Å². The predicted octanol–water partition coefficient (Wildman–Crippen LogP) is 2.76. The van der Waals surface area contributed by atoms with Crippen LogP contribution in [0.15, 0.2) is 6.07 Å². The molecule has 0 aliphatic rings. The lowest BCUT2D eigenvalue weighted by Gasteiger charge is -2.12. The van der Waals surface area contributed by atoms with E-state index in [1.807, 2.05) is 0 Å². The Morgan fingerprint density at radius 2 is 2.12 bits per heavy atom. The van der Waals surface area contributed by atoms with Gasteiger partial charge >= 0.3 is 5.97 Å². The number of methoxy groups -OCH3 is 1. The molecule has 0 unspecified atom stereocenters. The number of hydrogen-bond donors (Lipinski definition) is 1. The number of rotatable bonds is 3. The number of anilines is 1. The molecule has 2 N–H and O–H groups in total. The van der Waals surface area contributed by atoms with Gasteiger partial charge < -0.3 is 15.2 Å². The fourth-order valence-corrected chi connectivity index (χ4v) is 1.62. The Hall–Kier alpha value is -1.13. The molecule has 0 amide bonds. The molecule has 1 aromatic carbocycles. The minimum absolute atomic E-state index is 0.0351. The minimum atomic E-state index is -0.620. The summed E-state index contributed by atoms with van der Waals surface area (Å²) in [5.41, 5.74) is 5.88. The average molecular weight is 264 g/mol. The summed E-state index contributed by atoms with van der Waals surface area (Å²) >= 11 is 11.7. The normalized spacial score (nSPS) is 10.0. The highest BCUT2D eigenvalue weighted by Crippen LogP contribution is 2.37. The lowest BCUT2D eigenvalue weighted by molar-refractivity contribution is 0.0527. The van der Waals surface area contributed by atoms with Crippen LogP contribution in [0, 0.1) is 0 Å². The molecule has 88 valence electrons. The fourth-order valence-electron chi connectivity index (χ4n) is 1.19. The van der Waals surface area contributed by atoms with Crippen LogP contribution in [-0.4, -0.2) is 19.7 Å². The number of halogens is 2. The average Bonchev–Trinajstić information content (AvgIpc) is 2.24. The Morgan fingerprint density at radius 1 is 1.50 bits per heavy atom. The van der Waals surface area contributed by atoms with E-state index in [2.05, 4.69) is 0 Å². The van der Waals surface area contributed by atoms with Crippen LogP contribution < -0.4 is 10.5 Å². The zero-order chi connectivity index (χ0) is 12.3. The van der Waals surface area contributed by atoms with E-state index in [1.54, 1.807) is 6.92 Å².